The first-order valence-electron chi connectivity index (χ1n) is 11.1. The number of ether oxygens (including phenoxy) is 2. The fourth-order valence-electron chi connectivity index (χ4n) is 3.44. The standard InChI is InChI=1S/C27H28F2O3/c1-3-5-6-7-22-14-17-24(26(29)25(22)28)21-10-8-19(9-11-21)20-12-15-23(16-13-20)32-27(30)31-18-4-2/h8-17H,3-7,18H2,1-2H3. The van der Waals surface area contributed by atoms with E-state index in [2.05, 4.69) is 6.92 Å². The molecule has 0 saturated carbocycles. The SMILES string of the molecule is CCCCCc1ccc(-c2ccc(-c3ccc(OC(=O)OCCC)cc3)cc2)c(F)c1F. The van der Waals surface area contributed by atoms with Crippen molar-refractivity contribution in [3.8, 4) is 28.0 Å². The number of carbonyl (C=O) groups is 1. The number of rotatable bonds is 9. The van der Waals surface area contributed by atoms with Crippen molar-refractivity contribution in [1.29, 1.82) is 0 Å². The number of unbranched alkanes of at least 4 members (excludes halogenated alkanes) is 2. The van der Waals surface area contributed by atoms with Gasteiger partial charge in [0.15, 0.2) is 11.6 Å². The number of aryl methyl sites for hydroxylation is 1. The summed E-state index contributed by atoms with van der Waals surface area (Å²) < 4.78 is 39.2. The Morgan fingerprint density at radius 2 is 1.38 bits per heavy atom. The molecule has 0 bridgehead atoms. The fourth-order valence-corrected chi connectivity index (χ4v) is 3.44. The van der Waals surface area contributed by atoms with Crippen molar-refractivity contribution >= 4 is 6.16 Å². The summed E-state index contributed by atoms with van der Waals surface area (Å²) in [6, 6.07) is 17.6. The molecular weight excluding hydrogens is 410 g/mol. The second-order valence-electron chi connectivity index (χ2n) is 7.66. The topological polar surface area (TPSA) is 35.5 Å². The van der Waals surface area contributed by atoms with Crippen molar-refractivity contribution in [3.63, 3.8) is 0 Å². The molecular formula is C27H28F2O3. The van der Waals surface area contributed by atoms with Gasteiger partial charge in [0, 0.05) is 5.56 Å². The maximum atomic E-state index is 14.7. The van der Waals surface area contributed by atoms with Crippen molar-refractivity contribution in [1.82, 2.24) is 0 Å². The van der Waals surface area contributed by atoms with Crippen molar-refractivity contribution in [2.75, 3.05) is 6.61 Å². The number of carbonyl (C=O) groups excluding carboxylic acids is 1. The molecule has 3 aromatic rings. The van der Waals surface area contributed by atoms with Crippen LogP contribution in [0.2, 0.25) is 0 Å². The van der Waals surface area contributed by atoms with Crippen LogP contribution in [0.25, 0.3) is 22.3 Å². The van der Waals surface area contributed by atoms with Crippen LogP contribution in [0.1, 0.15) is 45.1 Å². The van der Waals surface area contributed by atoms with E-state index in [0.717, 1.165) is 36.8 Å². The lowest BCUT2D eigenvalue weighted by Gasteiger charge is -2.10. The van der Waals surface area contributed by atoms with Gasteiger partial charge in [0.2, 0.25) is 0 Å². The van der Waals surface area contributed by atoms with Gasteiger partial charge in [-0.15, -0.1) is 0 Å². The third-order valence-electron chi connectivity index (χ3n) is 5.22. The van der Waals surface area contributed by atoms with Crippen LogP contribution < -0.4 is 4.74 Å². The van der Waals surface area contributed by atoms with Crippen LogP contribution in [0.15, 0.2) is 60.7 Å². The number of halogens is 2. The maximum Gasteiger partial charge on any atom is 0.513 e. The van der Waals surface area contributed by atoms with E-state index in [1.807, 2.05) is 31.2 Å². The lowest BCUT2D eigenvalue weighted by molar-refractivity contribution is 0.0992. The molecule has 0 aliphatic heterocycles. The third kappa shape index (κ3) is 5.94. The Kier molecular flexibility index (Phi) is 8.37. The quantitative estimate of drug-likeness (QED) is 0.193. The van der Waals surface area contributed by atoms with Gasteiger partial charge in [0.1, 0.15) is 5.75 Å². The molecule has 0 radical (unpaired) electrons. The van der Waals surface area contributed by atoms with Crippen molar-refractivity contribution in [3.05, 3.63) is 77.9 Å². The second kappa shape index (κ2) is 11.4. The molecule has 0 N–H and O–H groups in total. The summed E-state index contributed by atoms with van der Waals surface area (Å²) in [5.74, 6) is -1.16. The van der Waals surface area contributed by atoms with E-state index in [4.69, 9.17) is 9.47 Å². The van der Waals surface area contributed by atoms with Crippen molar-refractivity contribution in [2.24, 2.45) is 0 Å². The summed E-state index contributed by atoms with van der Waals surface area (Å²) in [6.45, 7) is 4.30. The van der Waals surface area contributed by atoms with Crippen LogP contribution in [0.5, 0.6) is 5.75 Å². The Balaban J connectivity index is 1.71. The first-order chi connectivity index (χ1) is 15.5. The molecule has 0 aliphatic carbocycles. The molecule has 0 saturated heterocycles. The predicted octanol–water partition coefficient (Wildman–Crippen LogP) is 7.96. The monoisotopic (exact) mass is 438 g/mol. The van der Waals surface area contributed by atoms with Gasteiger partial charge in [0.05, 0.1) is 6.61 Å². The molecule has 0 aromatic heterocycles. The third-order valence-corrected chi connectivity index (χ3v) is 5.22. The maximum absolute atomic E-state index is 14.7. The largest absolute Gasteiger partial charge is 0.513 e. The molecule has 0 spiro atoms. The molecule has 3 nitrogen and oxygen atoms in total. The average Bonchev–Trinajstić information content (AvgIpc) is 2.81. The minimum atomic E-state index is -0.803. The molecule has 5 heteroatoms. The van der Waals surface area contributed by atoms with E-state index in [1.165, 1.54) is 0 Å². The van der Waals surface area contributed by atoms with Gasteiger partial charge in [-0.1, -0.05) is 75.2 Å². The normalized spacial score (nSPS) is 10.8. The zero-order valence-corrected chi connectivity index (χ0v) is 18.5. The molecule has 0 fully saturated rings. The highest BCUT2D eigenvalue weighted by atomic mass is 19.2. The zero-order chi connectivity index (χ0) is 22.9. The van der Waals surface area contributed by atoms with Crippen molar-refractivity contribution < 1.29 is 23.0 Å². The predicted molar refractivity (Wildman–Crippen MR) is 123 cm³/mol. The first kappa shape index (κ1) is 23.5. The van der Waals surface area contributed by atoms with E-state index in [-0.39, 0.29) is 5.56 Å². The van der Waals surface area contributed by atoms with E-state index < -0.39 is 17.8 Å². The van der Waals surface area contributed by atoms with Gasteiger partial charge in [-0.3, -0.25) is 0 Å². The summed E-state index contributed by atoms with van der Waals surface area (Å²) in [5.41, 5.74) is 3.11. The number of benzene rings is 3. The highest BCUT2D eigenvalue weighted by Gasteiger charge is 2.15. The molecule has 0 unspecified atom stereocenters. The molecule has 3 rings (SSSR count). The molecule has 0 atom stereocenters. The fraction of sp³-hybridized carbons (Fsp3) is 0.296. The van der Waals surface area contributed by atoms with Gasteiger partial charge < -0.3 is 9.47 Å². The zero-order valence-electron chi connectivity index (χ0n) is 18.5. The molecule has 32 heavy (non-hydrogen) atoms. The summed E-state index contributed by atoms with van der Waals surface area (Å²) in [5, 5.41) is 0. The van der Waals surface area contributed by atoms with Gasteiger partial charge in [0.25, 0.3) is 0 Å². The Bertz CT molecular complexity index is 1030. The lowest BCUT2D eigenvalue weighted by Crippen LogP contribution is -2.10. The highest BCUT2D eigenvalue weighted by Crippen LogP contribution is 2.30. The first-order valence-corrected chi connectivity index (χ1v) is 11.1. The van der Waals surface area contributed by atoms with Crippen LogP contribution >= 0.6 is 0 Å². The van der Waals surface area contributed by atoms with Gasteiger partial charge >= 0.3 is 6.16 Å². The second-order valence-corrected chi connectivity index (χ2v) is 7.66. The van der Waals surface area contributed by atoms with E-state index in [1.54, 1.807) is 36.4 Å². The minimum absolute atomic E-state index is 0.252. The van der Waals surface area contributed by atoms with Crippen LogP contribution in [-0.2, 0) is 11.2 Å². The molecule has 3 aromatic carbocycles. The van der Waals surface area contributed by atoms with Crippen LogP contribution in [-0.4, -0.2) is 12.8 Å². The Hall–Kier alpha value is -3.21. The summed E-state index contributed by atoms with van der Waals surface area (Å²) in [7, 11) is 0. The van der Waals surface area contributed by atoms with E-state index in [9.17, 15) is 13.6 Å². The molecule has 168 valence electrons. The Morgan fingerprint density at radius 1 is 0.750 bits per heavy atom. The van der Waals surface area contributed by atoms with Crippen molar-refractivity contribution in [2.45, 2.75) is 46.0 Å². The number of hydrogen-bond donors (Lipinski definition) is 0. The summed E-state index contributed by atoms with van der Waals surface area (Å²) >= 11 is 0. The smallest absolute Gasteiger partial charge is 0.434 e. The van der Waals surface area contributed by atoms with E-state index >= 15 is 0 Å². The van der Waals surface area contributed by atoms with Crippen LogP contribution in [0.4, 0.5) is 13.6 Å². The lowest BCUT2D eigenvalue weighted by atomic mass is 9.97. The Labute approximate surface area is 188 Å². The summed E-state index contributed by atoms with van der Waals surface area (Å²) in [4.78, 5) is 11.5. The summed E-state index contributed by atoms with van der Waals surface area (Å²) in [6.07, 6.45) is 3.44. The van der Waals surface area contributed by atoms with E-state index in [0.29, 0.717) is 29.9 Å². The van der Waals surface area contributed by atoms with Gasteiger partial charge in [-0.05, 0) is 53.6 Å². The Morgan fingerprint density at radius 3 is 2.00 bits per heavy atom. The molecule has 0 amide bonds. The van der Waals surface area contributed by atoms with Gasteiger partial charge in [-0.25, -0.2) is 13.6 Å². The highest BCUT2D eigenvalue weighted by molar-refractivity contribution is 5.72. The molecule has 0 aliphatic rings. The molecule has 0 heterocycles. The van der Waals surface area contributed by atoms with Crippen LogP contribution in [0.3, 0.4) is 0 Å². The minimum Gasteiger partial charge on any atom is -0.434 e. The number of hydrogen-bond acceptors (Lipinski definition) is 3. The van der Waals surface area contributed by atoms with Crippen LogP contribution in [0, 0.1) is 11.6 Å². The van der Waals surface area contributed by atoms with Gasteiger partial charge in [-0.2, -0.15) is 0 Å². The average molecular weight is 439 g/mol.